The van der Waals surface area contributed by atoms with Gasteiger partial charge in [0.05, 0.1) is 0 Å². The minimum Gasteiger partial charge on any atom is -0.444 e. The Balaban J connectivity index is 1.43. The molecule has 0 bridgehead atoms. The lowest BCUT2D eigenvalue weighted by Crippen LogP contribution is -2.51. The molecule has 1 fully saturated rings. The summed E-state index contributed by atoms with van der Waals surface area (Å²) in [6.07, 6.45) is 3.16. The standard InChI is InChI=1S/C28H30FN3O3/c29-23-10-6-9-22(17-23)27(33)32(26-12-5-4-11-25(26)30)18-20-13-15-24(16-14-20)31-28(34)35-19-21-7-2-1-3-8-21/h1-3,6-10,13-17,25-26H,4-5,11-12,18-19,30H2,(H,31,34). The Labute approximate surface area is 204 Å². The molecule has 3 aromatic carbocycles. The van der Waals surface area contributed by atoms with E-state index in [9.17, 15) is 14.0 Å². The van der Waals surface area contributed by atoms with Gasteiger partial charge in [-0.05, 0) is 54.3 Å². The number of ether oxygens (including phenoxy) is 1. The van der Waals surface area contributed by atoms with Gasteiger partial charge in [-0.15, -0.1) is 0 Å². The minimum absolute atomic E-state index is 0.120. The number of rotatable bonds is 7. The van der Waals surface area contributed by atoms with E-state index in [-0.39, 0.29) is 24.6 Å². The molecule has 0 heterocycles. The number of carbonyl (C=O) groups excluding carboxylic acids is 2. The molecule has 0 saturated heterocycles. The van der Waals surface area contributed by atoms with Crippen LogP contribution in [0.25, 0.3) is 0 Å². The second kappa shape index (κ2) is 11.6. The summed E-state index contributed by atoms with van der Waals surface area (Å²) in [7, 11) is 0. The van der Waals surface area contributed by atoms with E-state index in [0.717, 1.165) is 36.8 Å². The number of nitrogens with two attached hydrogens (primary N) is 1. The SMILES string of the molecule is NC1CCCCC1N(Cc1ccc(NC(=O)OCc2ccccc2)cc1)C(=O)c1cccc(F)c1. The Kier molecular flexibility index (Phi) is 8.11. The van der Waals surface area contributed by atoms with Crippen molar-refractivity contribution in [2.75, 3.05) is 5.32 Å². The molecule has 182 valence electrons. The van der Waals surface area contributed by atoms with Crippen molar-refractivity contribution in [1.29, 1.82) is 0 Å². The minimum atomic E-state index is -0.544. The summed E-state index contributed by atoms with van der Waals surface area (Å²) in [5.74, 6) is -0.683. The van der Waals surface area contributed by atoms with Gasteiger partial charge in [0, 0.05) is 29.9 Å². The second-order valence-corrected chi connectivity index (χ2v) is 8.84. The summed E-state index contributed by atoms with van der Waals surface area (Å²) in [6.45, 7) is 0.524. The topological polar surface area (TPSA) is 84.7 Å². The Morgan fingerprint density at radius 2 is 1.69 bits per heavy atom. The number of anilines is 1. The maximum Gasteiger partial charge on any atom is 0.411 e. The molecular weight excluding hydrogens is 445 g/mol. The molecule has 1 saturated carbocycles. The van der Waals surface area contributed by atoms with E-state index in [1.54, 1.807) is 29.2 Å². The van der Waals surface area contributed by atoms with Crippen LogP contribution in [0.15, 0.2) is 78.9 Å². The zero-order chi connectivity index (χ0) is 24.6. The van der Waals surface area contributed by atoms with Crippen molar-refractivity contribution in [3.63, 3.8) is 0 Å². The van der Waals surface area contributed by atoms with Crippen molar-refractivity contribution in [3.05, 3.63) is 101 Å². The van der Waals surface area contributed by atoms with E-state index in [1.807, 2.05) is 42.5 Å². The molecule has 0 radical (unpaired) electrons. The number of benzene rings is 3. The summed E-state index contributed by atoms with van der Waals surface area (Å²) in [5.41, 5.74) is 9.08. The van der Waals surface area contributed by atoms with Crippen LogP contribution in [0.3, 0.4) is 0 Å². The highest BCUT2D eigenvalue weighted by Crippen LogP contribution is 2.26. The van der Waals surface area contributed by atoms with Crippen LogP contribution in [-0.4, -0.2) is 29.0 Å². The fraction of sp³-hybridized carbons (Fsp3) is 0.286. The first kappa shape index (κ1) is 24.4. The van der Waals surface area contributed by atoms with Crippen LogP contribution in [0.2, 0.25) is 0 Å². The van der Waals surface area contributed by atoms with Gasteiger partial charge in [-0.2, -0.15) is 0 Å². The Bertz CT molecular complexity index is 1140. The first-order chi connectivity index (χ1) is 17.0. The van der Waals surface area contributed by atoms with E-state index < -0.39 is 11.9 Å². The molecular formula is C28H30FN3O3. The van der Waals surface area contributed by atoms with Crippen molar-refractivity contribution in [2.45, 2.75) is 50.9 Å². The molecule has 0 aromatic heterocycles. The summed E-state index contributed by atoms with van der Waals surface area (Å²) in [4.78, 5) is 27.3. The van der Waals surface area contributed by atoms with E-state index in [0.29, 0.717) is 17.8 Å². The van der Waals surface area contributed by atoms with Crippen LogP contribution in [0.4, 0.5) is 14.9 Å². The van der Waals surface area contributed by atoms with Crippen LogP contribution < -0.4 is 11.1 Å². The van der Waals surface area contributed by atoms with Crippen molar-refractivity contribution in [2.24, 2.45) is 5.73 Å². The summed E-state index contributed by atoms with van der Waals surface area (Å²) in [5, 5.41) is 2.71. The lowest BCUT2D eigenvalue weighted by molar-refractivity contribution is 0.0583. The number of halogens is 1. The number of nitrogens with one attached hydrogen (secondary N) is 1. The first-order valence-electron chi connectivity index (χ1n) is 11.9. The average Bonchev–Trinajstić information content (AvgIpc) is 2.88. The molecule has 0 spiro atoms. The molecule has 35 heavy (non-hydrogen) atoms. The largest absolute Gasteiger partial charge is 0.444 e. The van der Waals surface area contributed by atoms with Crippen LogP contribution in [0.1, 0.15) is 47.2 Å². The van der Waals surface area contributed by atoms with Gasteiger partial charge in [0.15, 0.2) is 0 Å². The molecule has 2 amide bonds. The third-order valence-electron chi connectivity index (χ3n) is 6.28. The summed E-state index contributed by atoms with van der Waals surface area (Å²) >= 11 is 0. The third-order valence-corrected chi connectivity index (χ3v) is 6.28. The van der Waals surface area contributed by atoms with Gasteiger partial charge in [-0.25, -0.2) is 9.18 Å². The van der Waals surface area contributed by atoms with E-state index in [4.69, 9.17) is 10.5 Å². The molecule has 4 rings (SSSR count). The molecule has 2 atom stereocenters. The molecule has 3 N–H and O–H groups in total. The maximum absolute atomic E-state index is 13.8. The van der Waals surface area contributed by atoms with Crippen molar-refractivity contribution in [3.8, 4) is 0 Å². The fourth-order valence-corrected chi connectivity index (χ4v) is 4.42. The van der Waals surface area contributed by atoms with Gasteiger partial charge in [-0.3, -0.25) is 10.1 Å². The molecule has 3 aromatic rings. The number of amides is 2. The number of nitrogens with zero attached hydrogens (tertiary/aromatic N) is 1. The van der Waals surface area contributed by atoms with Gasteiger partial charge in [0.1, 0.15) is 12.4 Å². The van der Waals surface area contributed by atoms with Gasteiger partial charge in [-0.1, -0.05) is 61.4 Å². The Morgan fingerprint density at radius 3 is 2.40 bits per heavy atom. The molecule has 0 aliphatic heterocycles. The van der Waals surface area contributed by atoms with Crippen LogP contribution in [-0.2, 0) is 17.9 Å². The van der Waals surface area contributed by atoms with Crippen molar-refractivity contribution in [1.82, 2.24) is 4.90 Å². The van der Waals surface area contributed by atoms with Crippen LogP contribution >= 0.6 is 0 Å². The predicted molar refractivity (Wildman–Crippen MR) is 133 cm³/mol. The van der Waals surface area contributed by atoms with Gasteiger partial charge < -0.3 is 15.4 Å². The third kappa shape index (κ3) is 6.67. The van der Waals surface area contributed by atoms with Crippen molar-refractivity contribution >= 4 is 17.7 Å². The van der Waals surface area contributed by atoms with Gasteiger partial charge >= 0.3 is 6.09 Å². The highest BCUT2D eigenvalue weighted by atomic mass is 19.1. The second-order valence-electron chi connectivity index (χ2n) is 8.84. The van der Waals surface area contributed by atoms with Gasteiger partial charge in [0.25, 0.3) is 5.91 Å². The zero-order valence-electron chi connectivity index (χ0n) is 19.5. The average molecular weight is 476 g/mol. The van der Waals surface area contributed by atoms with Crippen molar-refractivity contribution < 1.29 is 18.7 Å². The van der Waals surface area contributed by atoms with E-state index in [1.165, 1.54) is 12.1 Å². The molecule has 1 aliphatic rings. The van der Waals surface area contributed by atoms with E-state index in [2.05, 4.69) is 5.32 Å². The quantitative estimate of drug-likeness (QED) is 0.473. The number of hydrogen-bond acceptors (Lipinski definition) is 4. The van der Waals surface area contributed by atoms with Crippen LogP contribution in [0, 0.1) is 5.82 Å². The molecule has 1 aliphatic carbocycles. The summed E-state index contributed by atoms with van der Waals surface area (Å²) in [6, 6.07) is 22.2. The van der Waals surface area contributed by atoms with E-state index >= 15 is 0 Å². The predicted octanol–water partition coefficient (Wildman–Crippen LogP) is 5.49. The molecule has 7 heteroatoms. The summed E-state index contributed by atoms with van der Waals surface area (Å²) < 4.78 is 19.1. The fourth-order valence-electron chi connectivity index (χ4n) is 4.42. The maximum atomic E-state index is 13.8. The highest BCUT2D eigenvalue weighted by Gasteiger charge is 2.31. The smallest absolute Gasteiger partial charge is 0.411 e. The molecule has 6 nitrogen and oxygen atoms in total. The van der Waals surface area contributed by atoms with Crippen LogP contribution in [0.5, 0.6) is 0 Å². The van der Waals surface area contributed by atoms with Gasteiger partial charge in [0.2, 0.25) is 0 Å². The highest BCUT2D eigenvalue weighted by molar-refractivity contribution is 5.94. The normalized spacial score (nSPS) is 17.4. The molecule has 2 unspecified atom stereocenters. The Hall–Kier alpha value is -3.71. The monoisotopic (exact) mass is 475 g/mol. The zero-order valence-corrected chi connectivity index (χ0v) is 19.5. The number of carbonyl (C=O) groups is 2. The number of hydrogen-bond donors (Lipinski definition) is 2. The first-order valence-corrected chi connectivity index (χ1v) is 11.9. The lowest BCUT2D eigenvalue weighted by Gasteiger charge is -2.38. The Morgan fingerprint density at radius 1 is 0.943 bits per heavy atom. The lowest BCUT2D eigenvalue weighted by atomic mass is 9.89.